The lowest BCUT2D eigenvalue weighted by Gasteiger charge is -2.31. The van der Waals surface area contributed by atoms with E-state index in [1.54, 1.807) is 17.8 Å². The van der Waals surface area contributed by atoms with E-state index in [0.717, 1.165) is 31.7 Å². The molecule has 8 heteroatoms. The molecule has 2 aromatic rings. The van der Waals surface area contributed by atoms with Gasteiger partial charge >= 0.3 is 0 Å². The highest BCUT2D eigenvalue weighted by molar-refractivity contribution is 7.98. The standard InChI is InChI=1S/C18H24N4O2S.ClH/c1-22(13-6-9-19-10-7-13)17(23)8-11-25-12-16-20-15-5-3-2-4-14(15)18(24)21-16;/h2-5,13,19H,6-12H2,1H3,(H,20,21,24);1H. The fraction of sp³-hybridized carbons (Fsp3) is 0.500. The van der Waals surface area contributed by atoms with E-state index in [1.807, 2.05) is 30.1 Å². The number of hydrogen-bond acceptors (Lipinski definition) is 5. The Balaban J connectivity index is 0.00000243. The molecule has 1 fully saturated rings. The number of thioether (sulfide) groups is 1. The number of benzene rings is 1. The molecule has 1 aromatic heterocycles. The molecule has 0 bridgehead atoms. The molecule has 0 spiro atoms. The molecular formula is C18H25ClN4O2S. The lowest BCUT2D eigenvalue weighted by Crippen LogP contribution is -2.44. The van der Waals surface area contributed by atoms with Crippen molar-refractivity contribution in [3.63, 3.8) is 0 Å². The molecule has 1 saturated heterocycles. The highest BCUT2D eigenvalue weighted by atomic mass is 35.5. The largest absolute Gasteiger partial charge is 0.343 e. The van der Waals surface area contributed by atoms with Crippen molar-refractivity contribution < 1.29 is 4.79 Å². The maximum Gasteiger partial charge on any atom is 0.258 e. The van der Waals surface area contributed by atoms with Crippen molar-refractivity contribution in [3.05, 3.63) is 40.4 Å². The van der Waals surface area contributed by atoms with Crippen LogP contribution in [0.25, 0.3) is 10.9 Å². The molecule has 142 valence electrons. The first-order chi connectivity index (χ1) is 12.1. The Morgan fingerprint density at radius 2 is 2.04 bits per heavy atom. The number of nitrogens with zero attached hydrogens (tertiary/aromatic N) is 2. The average molecular weight is 397 g/mol. The Hall–Kier alpha value is -1.57. The summed E-state index contributed by atoms with van der Waals surface area (Å²) in [6, 6.07) is 7.68. The number of rotatable bonds is 6. The van der Waals surface area contributed by atoms with E-state index in [9.17, 15) is 9.59 Å². The van der Waals surface area contributed by atoms with Gasteiger partial charge in [-0.3, -0.25) is 9.59 Å². The molecule has 1 amide bonds. The summed E-state index contributed by atoms with van der Waals surface area (Å²) in [5.41, 5.74) is 0.603. The van der Waals surface area contributed by atoms with Crippen molar-refractivity contribution in [2.24, 2.45) is 0 Å². The Bertz CT molecular complexity index is 792. The van der Waals surface area contributed by atoms with Gasteiger partial charge in [0.15, 0.2) is 0 Å². The molecule has 1 aromatic carbocycles. The van der Waals surface area contributed by atoms with Gasteiger partial charge < -0.3 is 15.2 Å². The quantitative estimate of drug-likeness (QED) is 0.732. The lowest BCUT2D eigenvalue weighted by molar-refractivity contribution is -0.131. The number of amides is 1. The van der Waals surface area contributed by atoms with Crippen molar-refractivity contribution in [1.29, 1.82) is 0 Å². The van der Waals surface area contributed by atoms with Crippen molar-refractivity contribution in [2.75, 3.05) is 25.9 Å². The van der Waals surface area contributed by atoms with Crippen LogP contribution in [-0.4, -0.2) is 52.7 Å². The Morgan fingerprint density at radius 1 is 1.31 bits per heavy atom. The Labute approximate surface area is 163 Å². The van der Waals surface area contributed by atoms with Crippen LogP contribution in [-0.2, 0) is 10.5 Å². The minimum absolute atomic E-state index is 0. The van der Waals surface area contributed by atoms with Crippen molar-refractivity contribution in [2.45, 2.75) is 31.1 Å². The van der Waals surface area contributed by atoms with E-state index >= 15 is 0 Å². The number of carbonyl (C=O) groups excluding carboxylic acids is 1. The first kappa shape index (κ1) is 20.7. The van der Waals surface area contributed by atoms with Crippen LogP contribution in [0.2, 0.25) is 0 Å². The van der Waals surface area contributed by atoms with Gasteiger partial charge in [0.05, 0.1) is 16.7 Å². The maximum absolute atomic E-state index is 12.3. The predicted octanol–water partition coefficient (Wildman–Crippen LogP) is 2.18. The van der Waals surface area contributed by atoms with Crippen LogP contribution in [0, 0.1) is 0 Å². The van der Waals surface area contributed by atoms with Crippen molar-refractivity contribution in [3.8, 4) is 0 Å². The van der Waals surface area contributed by atoms with Crippen LogP contribution < -0.4 is 10.9 Å². The number of hydrogen-bond donors (Lipinski definition) is 2. The number of nitrogens with one attached hydrogen (secondary N) is 2. The molecule has 0 aliphatic carbocycles. The van der Waals surface area contributed by atoms with Crippen LogP contribution in [0.15, 0.2) is 29.1 Å². The van der Waals surface area contributed by atoms with Gasteiger partial charge in [-0.05, 0) is 38.1 Å². The second-order valence-electron chi connectivity index (χ2n) is 6.32. The maximum atomic E-state index is 12.3. The van der Waals surface area contributed by atoms with E-state index in [1.165, 1.54) is 0 Å². The summed E-state index contributed by atoms with van der Waals surface area (Å²) >= 11 is 1.62. The van der Waals surface area contributed by atoms with Gasteiger partial charge in [-0.2, -0.15) is 11.8 Å². The second-order valence-corrected chi connectivity index (χ2v) is 7.42. The molecule has 0 radical (unpaired) electrons. The predicted molar refractivity (Wildman–Crippen MR) is 109 cm³/mol. The highest BCUT2D eigenvalue weighted by Crippen LogP contribution is 2.15. The summed E-state index contributed by atoms with van der Waals surface area (Å²) < 4.78 is 0. The number of piperidine rings is 1. The number of halogens is 1. The highest BCUT2D eigenvalue weighted by Gasteiger charge is 2.21. The van der Waals surface area contributed by atoms with Crippen LogP contribution in [0.3, 0.4) is 0 Å². The summed E-state index contributed by atoms with van der Waals surface area (Å²) in [6.45, 7) is 1.97. The Kier molecular flexibility index (Phi) is 7.93. The zero-order chi connectivity index (χ0) is 17.6. The summed E-state index contributed by atoms with van der Waals surface area (Å²) in [7, 11) is 1.91. The zero-order valence-corrected chi connectivity index (χ0v) is 16.5. The molecule has 1 aliphatic rings. The summed E-state index contributed by atoms with van der Waals surface area (Å²) in [4.78, 5) is 33.5. The van der Waals surface area contributed by atoms with E-state index < -0.39 is 0 Å². The molecule has 0 atom stereocenters. The van der Waals surface area contributed by atoms with Gasteiger partial charge in [0, 0.05) is 25.3 Å². The lowest BCUT2D eigenvalue weighted by atomic mass is 10.1. The van der Waals surface area contributed by atoms with Crippen LogP contribution in [0.5, 0.6) is 0 Å². The molecule has 1 aliphatic heterocycles. The second kappa shape index (κ2) is 9.94. The molecule has 6 nitrogen and oxygen atoms in total. The fourth-order valence-electron chi connectivity index (χ4n) is 3.11. The monoisotopic (exact) mass is 396 g/mol. The van der Waals surface area contributed by atoms with Gasteiger partial charge in [0.25, 0.3) is 5.56 Å². The van der Waals surface area contributed by atoms with E-state index in [-0.39, 0.29) is 23.9 Å². The first-order valence-corrected chi connectivity index (χ1v) is 9.82. The first-order valence-electron chi connectivity index (χ1n) is 8.67. The number of para-hydroxylation sites is 1. The van der Waals surface area contributed by atoms with Crippen LogP contribution in [0.4, 0.5) is 0 Å². The molecular weight excluding hydrogens is 372 g/mol. The van der Waals surface area contributed by atoms with Gasteiger partial charge in [-0.25, -0.2) is 4.98 Å². The Morgan fingerprint density at radius 3 is 2.81 bits per heavy atom. The number of carbonyl (C=O) groups is 1. The smallest absolute Gasteiger partial charge is 0.258 e. The minimum atomic E-state index is -0.108. The molecule has 26 heavy (non-hydrogen) atoms. The van der Waals surface area contributed by atoms with Gasteiger partial charge in [-0.1, -0.05) is 12.1 Å². The van der Waals surface area contributed by atoms with Crippen molar-refractivity contribution in [1.82, 2.24) is 20.2 Å². The van der Waals surface area contributed by atoms with E-state index in [0.29, 0.717) is 34.9 Å². The molecule has 0 saturated carbocycles. The topological polar surface area (TPSA) is 78.1 Å². The van der Waals surface area contributed by atoms with Gasteiger partial charge in [-0.15, -0.1) is 12.4 Å². The summed E-state index contributed by atoms with van der Waals surface area (Å²) in [5, 5.41) is 3.92. The number of aromatic amines is 1. The number of H-pyrrole nitrogens is 1. The third-order valence-corrected chi connectivity index (χ3v) is 5.58. The fourth-order valence-corrected chi connectivity index (χ4v) is 3.90. The van der Waals surface area contributed by atoms with Gasteiger partial charge in [0.2, 0.25) is 5.91 Å². The summed E-state index contributed by atoms with van der Waals surface area (Å²) in [6.07, 6.45) is 2.57. The molecule has 3 rings (SSSR count). The van der Waals surface area contributed by atoms with Crippen LogP contribution >= 0.6 is 24.2 Å². The SMILES string of the molecule is CN(C(=O)CCSCc1nc2ccccc2c(=O)[nH]1)C1CCNCC1.Cl. The van der Waals surface area contributed by atoms with Crippen LogP contribution in [0.1, 0.15) is 25.1 Å². The average Bonchev–Trinajstić information content (AvgIpc) is 2.65. The molecule has 2 heterocycles. The number of aromatic nitrogens is 2. The zero-order valence-electron chi connectivity index (χ0n) is 14.9. The third-order valence-electron chi connectivity index (χ3n) is 4.61. The summed E-state index contributed by atoms with van der Waals surface area (Å²) in [5.74, 6) is 2.18. The minimum Gasteiger partial charge on any atom is -0.343 e. The molecule has 0 unspecified atom stereocenters. The van der Waals surface area contributed by atoms with Crippen molar-refractivity contribution >= 4 is 41.0 Å². The number of fused-ring (bicyclic) bond motifs is 1. The normalized spacial score (nSPS) is 14.8. The third kappa shape index (κ3) is 5.22. The molecule has 2 N–H and O–H groups in total. The van der Waals surface area contributed by atoms with E-state index in [2.05, 4.69) is 15.3 Å². The van der Waals surface area contributed by atoms with Gasteiger partial charge in [0.1, 0.15) is 5.82 Å². The van der Waals surface area contributed by atoms with E-state index in [4.69, 9.17) is 0 Å².